The number of hydrogen-bond acceptors (Lipinski definition) is 5. The Morgan fingerprint density at radius 2 is 2.15 bits per heavy atom. The van der Waals surface area contributed by atoms with Crippen molar-refractivity contribution in [1.29, 1.82) is 0 Å². The molecular formula is C17H11F3N4O2S. The molecule has 10 heteroatoms. The van der Waals surface area contributed by atoms with E-state index in [1.54, 1.807) is 11.4 Å². The molecule has 27 heavy (non-hydrogen) atoms. The van der Waals surface area contributed by atoms with Crippen molar-refractivity contribution in [3.05, 3.63) is 59.9 Å². The van der Waals surface area contributed by atoms with E-state index >= 15 is 0 Å². The summed E-state index contributed by atoms with van der Waals surface area (Å²) in [7, 11) is 0. The predicted molar refractivity (Wildman–Crippen MR) is 92.3 cm³/mol. The predicted octanol–water partition coefficient (Wildman–Crippen LogP) is 4.25. The fraction of sp³-hybridized carbons (Fsp3) is 0.118. The van der Waals surface area contributed by atoms with Crippen molar-refractivity contribution >= 4 is 28.0 Å². The number of aromatic nitrogens is 3. The fourth-order valence-electron chi connectivity index (χ4n) is 2.64. The van der Waals surface area contributed by atoms with Gasteiger partial charge in [0, 0.05) is 35.1 Å². The number of alkyl halides is 3. The van der Waals surface area contributed by atoms with Gasteiger partial charge in [0.05, 0.1) is 30.2 Å². The molecule has 1 amide bonds. The summed E-state index contributed by atoms with van der Waals surface area (Å²) < 4.78 is 46.7. The maximum absolute atomic E-state index is 13.5. The molecule has 0 bridgehead atoms. The van der Waals surface area contributed by atoms with Gasteiger partial charge in [-0.25, -0.2) is 9.97 Å². The Balaban J connectivity index is 1.71. The molecule has 0 aliphatic rings. The van der Waals surface area contributed by atoms with Crippen LogP contribution in [-0.4, -0.2) is 20.3 Å². The van der Waals surface area contributed by atoms with Gasteiger partial charge in [-0.15, -0.1) is 11.3 Å². The van der Waals surface area contributed by atoms with Crippen molar-refractivity contribution in [2.45, 2.75) is 12.6 Å². The van der Waals surface area contributed by atoms with Crippen LogP contribution < -0.4 is 5.32 Å². The Morgan fingerprint density at radius 3 is 2.81 bits per heavy atom. The second-order valence-corrected chi connectivity index (χ2v) is 6.57. The maximum Gasteiger partial charge on any atom is 0.420 e. The minimum atomic E-state index is -4.59. The molecule has 138 valence electrons. The van der Waals surface area contributed by atoms with Gasteiger partial charge < -0.3 is 14.1 Å². The van der Waals surface area contributed by atoms with E-state index in [4.69, 9.17) is 4.42 Å². The summed E-state index contributed by atoms with van der Waals surface area (Å²) in [6.45, 7) is 0. The molecular weight excluding hydrogens is 381 g/mol. The van der Waals surface area contributed by atoms with E-state index in [9.17, 15) is 18.0 Å². The van der Waals surface area contributed by atoms with Gasteiger partial charge in [0.25, 0.3) is 0 Å². The van der Waals surface area contributed by atoms with Crippen molar-refractivity contribution in [3.8, 4) is 11.1 Å². The van der Waals surface area contributed by atoms with E-state index in [1.807, 2.05) is 0 Å². The molecule has 0 saturated carbocycles. The number of thiazole rings is 1. The number of nitrogens with zero attached hydrogens (tertiary/aromatic N) is 3. The SMILES string of the molecule is O=C(Cc1cn2cc(-c3ccoc3)cc(C(F)(F)F)c2n1)Nc1nccs1. The lowest BCUT2D eigenvalue weighted by Crippen LogP contribution is -2.14. The minimum Gasteiger partial charge on any atom is -0.472 e. The molecule has 4 aromatic rings. The van der Waals surface area contributed by atoms with Crippen LogP contribution in [0.5, 0.6) is 0 Å². The Labute approximate surface area is 154 Å². The monoisotopic (exact) mass is 392 g/mol. The zero-order valence-electron chi connectivity index (χ0n) is 13.5. The zero-order chi connectivity index (χ0) is 19.0. The van der Waals surface area contributed by atoms with Gasteiger partial charge in [0.2, 0.25) is 5.91 Å². The quantitative estimate of drug-likeness (QED) is 0.564. The number of furan rings is 1. The first-order valence-electron chi connectivity index (χ1n) is 7.71. The van der Waals surface area contributed by atoms with Gasteiger partial charge >= 0.3 is 6.18 Å². The summed E-state index contributed by atoms with van der Waals surface area (Å²) >= 11 is 1.25. The number of carbonyl (C=O) groups excluding carboxylic acids is 1. The normalized spacial score (nSPS) is 11.8. The van der Waals surface area contributed by atoms with E-state index in [-0.39, 0.29) is 17.8 Å². The third-order valence-corrected chi connectivity index (χ3v) is 4.47. The highest BCUT2D eigenvalue weighted by atomic mass is 32.1. The average Bonchev–Trinajstić information content (AvgIpc) is 3.34. The highest BCUT2D eigenvalue weighted by Crippen LogP contribution is 2.35. The molecule has 0 aliphatic carbocycles. The van der Waals surface area contributed by atoms with E-state index in [0.29, 0.717) is 16.3 Å². The van der Waals surface area contributed by atoms with Gasteiger partial charge in [-0.05, 0) is 12.1 Å². The van der Waals surface area contributed by atoms with E-state index in [2.05, 4.69) is 15.3 Å². The van der Waals surface area contributed by atoms with Gasteiger partial charge in [-0.2, -0.15) is 13.2 Å². The summed E-state index contributed by atoms with van der Waals surface area (Å²) in [5.74, 6) is -0.406. The molecule has 4 heterocycles. The summed E-state index contributed by atoms with van der Waals surface area (Å²) in [4.78, 5) is 20.0. The van der Waals surface area contributed by atoms with Crippen LogP contribution in [0.25, 0.3) is 16.8 Å². The first-order valence-corrected chi connectivity index (χ1v) is 8.59. The Kier molecular flexibility index (Phi) is 4.19. The highest BCUT2D eigenvalue weighted by molar-refractivity contribution is 7.13. The fourth-order valence-corrected chi connectivity index (χ4v) is 3.19. The van der Waals surface area contributed by atoms with Crippen LogP contribution in [0.4, 0.5) is 18.3 Å². The number of carbonyl (C=O) groups is 1. The summed E-state index contributed by atoms with van der Waals surface area (Å²) in [6, 6.07) is 2.59. The number of imidazole rings is 1. The van der Waals surface area contributed by atoms with Crippen molar-refractivity contribution in [1.82, 2.24) is 14.4 Å². The molecule has 4 aromatic heterocycles. The van der Waals surface area contributed by atoms with Crippen LogP contribution >= 0.6 is 11.3 Å². The summed E-state index contributed by atoms with van der Waals surface area (Å²) in [5.41, 5.74) is -0.0719. The van der Waals surface area contributed by atoms with Gasteiger partial charge in [0.1, 0.15) is 5.65 Å². The largest absolute Gasteiger partial charge is 0.472 e. The number of nitrogens with one attached hydrogen (secondary N) is 1. The van der Waals surface area contributed by atoms with Crippen LogP contribution in [-0.2, 0) is 17.4 Å². The molecule has 0 atom stereocenters. The van der Waals surface area contributed by atoms with Crippen molar-refractivity contribution in [2.24, 2.45) is 0 Å². The minimum absolute atomic E-state index is 0.167. The topological polar surface area (TPSA) is 72.4 Å². The van der Waals surface area contributed by atoms with Gasteiger partial charge in [-0.1, -0.05) is 0 Å². The molecule has 0 aliphatic heterocycles. The van der Waals surface area contributed by atoms with E-state index in [0.717, 1.165) is 6.07 Å². The van der Waals surface area contributed by atoms with Crippen LogP contribution in [0.2, 0.25) is 0 Å². The maximum atomic E-state index is 13.5. The first-order chi connectivity index (χ1) is 12.9. The summed E-state index contributed by atoms with van der Waals surface area (Å²) in [5, 5.41) is 4.70. The average molecular weight is 392 g/mol. The second-order valence-electron chi connectivity index (χ2n) is 5.68. The van der Waals surface area contributed by atoms with Gasteiger partial charge in [0.15, 0.2) is 5.13 Å². The van der Waals surface area contributed by atoms with Crippen molar-refractivity contribution in [2.75, 3.05) is 5.32 Å². The number of pyridine rings is 1. The Morgan fingerprint density at radius 1 is 1.30 bits per heavy atom. The van der Waals surface area contributed by atoms with Gasteiger partial charge in [-0.3, -0.25) is 4.79 Å². The zero-order valence-corrected chi connectivity index (χ0v) is 14.3. The van der Waals surface area contributed by atoms with E-state index in [1.165, 1.54) is 46.9 Å². The first kappa shape index (κ1) is 17.3. The molecule has 0 spiro atoms. The molecule has 6 nitrogen and oxygen atoms in total. The van der Waals surface area contributed by atoms with Crippen molar-refractivity contribution in [3.63, 3.8) is 0 Å². The lowest BCUT2D eigenvalue weighted by Gasteiger charge is -2.10. The highest BCUT2D eigenvalue weighted by Gasteiger charge is 2.35. The molecule has 0 saturated heterocycles. The van der Waals surface area contributed by atoms with E-state index < -0.39 is 17.6 Å². The van der Waals surface area contributed by atoms with Crippen LogP contribution in [0.1, 0.15) is 11.3 Å². The number of amides is 1. The smallest absolute Gasteiger partial charge is 0.420 e. The number of fused-ring (bicyclic) bond motifs is 1. The van der Waals surface area contributed by atoms with Crippen molar-refractivity contribution < 1.29 is 22.4 Å². The molecule has 0 fully saturated rings. The second kappa shape index (κ2) is 6.54. The third-order valence-electron chi connectivity index (χ3n) is 3.78. The molecule has 0 unspecified atom stereocenters. The molecule has 0 aromatic carbocycles. The number of anilines is 1. The standard InChI is InChI=1S/C17H11F3N4O2S/c18-17(19,20)13-5-11(10-1-3-26-9-10)7-24-8-12(22-15(13)24)6-14(25)23-16-21-2-4-27-16/h1-5,7-9H,6H2,(H,21,23,25). The Bertz CT molecular complexity index is 1090. The molecule has 0 radical (unpaired) electrons. The number of halogens is 3. The van der Waals surface area contributed by atoms with Crippen LogP contribution in [0.15, 0.2) is 53.0 Å². The van der Waals surface area contributed by atoms with Crippen LogP contribution in [0.3, 0.4) is 0 Å². The lowest BCUT2D eigenvalue weighted by molar-refractivity contribution is -0.136. The van der Waals surface area contributed by atoms with Crippen LogP contribution in [0, 0.1) is 0 Å². The number of hydrogen-bond donors (Lipinski definition) is 1. The summed E-state index contributed by atoms with van der Waals surface area (Å²) in [6.07, 6.45) is 2.46. The molecule has 1 N–H and O–H groups in total. The number of rotatable bonds is 4. The lowest BCUT2D eigenvalue weighted by atomic mass is 10.1. The third kappa shape index (κ3) is 3.56. The Hall–Kier alpha value is -3.14. The molecule has 4 rings (SSSR count).